The van der Waals surface area contributed by atoms with Crippen molar-refractivity contribution in [3.63, 3.8) is 0 Å². The SMILES string of the molecule is Cc1cc2c(n1-c1ccccc1)CC(C)(C)C/C2=N\OC(=O)COc1ccc(Cl)cc1Cl. The van der Waals surface area contributed by atoms with Crippen LogP contribution in [0.2, 0.25) is 10.0 Å². The Balaban J connectivity index is 1.55. The monoisotopic (exact) mass is 470 g/mol. The van der Waals surface area contributed by atoms with Crippen molar-refractivity contribution < 1.29 is 14.4 Å². The van der Waals surface area contributed by atoms with Gasteiger partial charge in [0.15, 0.2) is 6.61 Å². The van der Waals surface area contributed by atoms with Gasteiger partial charge in [0.25, 0.3) is 0 Å². The lowest BCUT2D eigenvalue weighted by molar-refractivity contribution is -0.146. The van der Waals surface area contributed by atoms with Crippen LogP contribution in [0.5, 0.6) is 5.75 Å². The lowest BCUT2D eigenvalue weighted by Crippen LogP contribution is -2.29. The largest absolute Gasteiger partial charge is 0.480 e. The van der Waals surface area contributed by atoms with Gasteiger partial charge in [-0.05, 0) is 61.6 Å². The maximum atomic E-state index is 12.3. The average molecular weight is 471 g/mol. The van der Waals surface area contributed by atoms with Crippen molar-refractivity contribution in [2.24, 2.45) is 10.6 Å². The van der Waals surface area contributed by atoms with Crippen molar-refractivity contribution in [3.05, 3.63) is 81.6 Å². The number of ether oxygens (including phenoxy) is 1. The maximum Gasteiger partial charge on any atom is 0.372 e. The van der Waals surface area contributed by atoms with E-state index in [4.69, 9.17) is 32.8 Å². The molecule has 0 saturated carbocycles. The molecule has 0 radical (unpaired) electrons. The lowest BCUT2D eigenvalue weighted by Gasteiger charge is -2.31. The minimum absolute atomic E-state index is 0.0249. The van der Waals surface area contributed by atoms with Crippen LogP contribution in [0.25, 0.3) is 5.69 Å². The van der Waals surface area contributed by atoms with Crippen molar-refractivity contribution in [2.75, 3.05) is 6.61 Å². The van der Waals surface area contributed by atoms with Crippen LogP contribution in [0, 0.1) is 12.3 Å². The van der Waals surface area contributed by atoms with E-state index in [1.54, 1.807) is 18.2 Å². The number of hydrogen-bond acceptors (Lipinski definition) is 4. The number of hydrogen-bond donors (Lipinski definition) is 0. The van der Waals surface area contributed by atoms with Crippen LogP contribution in [0.15, 0.2) is 59.8 Å². The van der Waals surface area contributed by atoms with E-state index in [0.717, 1.165) is 29.1 Å². The number of para-hydroxylation sites is 1. The molecule has 0 spiro atoms. The molecule has 1 aliphatic rings. The van der Waals surface area contributed by atoms with E-state index in [0.29, 0.717) is 22.2 Å². The molecule has 0 aliphatic heterocycles. The highest BCUT2D eigenvalue weighted by molar-refractivity contribution is 6.35. The Kier molecular flexibility index (Phi) is 6.31. The summed E-state index contributed by atoms with van der Waals surface area (Å²) >= 11 is 12.0. The molecular formula is C25H24Cl2N2O3. The van der Waals surface area contributed by atoms with Crippen LogP contribution in [0.4, 0.5) is 0 Å². The second-order valence-corrected chi connectivity index (χ2v) is 9.54. The average Bonchev–Trinajstić information content (AvgIpc) is 3.06. The Morgan fingerprint density at radius 1 is 1.09 bits per heavy atom. The number of carbonyl (C=O) groups is 1. The molecule has 166 valence electrons. The molecule has 32 heavy (non-hydrogen) atoms. The molecule has 0 saturated heterocycles. The quantitative estimate of drug-likeness (QED) is 0.320. The first kappa shape index (κ1) is 22.4. The van der Waals surface area contributed by atoms with Gasteiger partial charge >= 0.3 is 5.97 Å². The summed E-state index contributed by atoms with van der Waals surface area (Å²) in [6.45, 7) is 6.15. The van der Waals surface area contributed by atoms with E-state index in [2.05, 4.69) is 48.7 Å². The van der Waals surface area contributed by atoms with E-state index in [-0.39, 0.29) is 12.0 Å². The van der Waals surface area contributed by atoms with Gasteiger partial charge in [-0.2, -0.15) is 0 Å². The van der Waals surface area contributed by atoms with Crippen molar-refractivity contribution in [1.82, 2.24) is 4.57 Å². The number of nitrogens with zero attached hydrogens (tertiary/aromatic N) is 2. The third-order valence-electron chi connectivity index (χ3n) is 5.40. The van der Waals surface area contributed by atoms with Gasteiger partial charge in [0.05, 0.1) is 10.7 Å². The van der Waals surface area contributed by atoms with Gasteiger partial charge in [-0.15, -0.1) is 0 Å². The van der Waals surface area contributed by atoms with Crippen molar-refractivity contribution in [1.29, 1.82) is 0 Å². The lowest BCUT2D eigenvalue weighted by atomic mass is 9.76. The van der Waals surface area contributed by atoms with Crippen LogP contribution in [-0.2, 0) is 16.1 Å². The van der Waals surface area contributed by atoms with E-state index in [9.17, 15) is 4.79 Å². The summed E-state index contributed by atoms with van der Waals surface area (Å²) in [5.41, 5.74) is 5.13. The van der Waals surface area contributed by atoms with Crippen LogP contribution < -0.4 is 4.74 Å². The molecule has 0 atom stereocenters. The molecule has 0 amide bonds. The minimum atomic E-state index is -0.604. The van der Waals surface area contributed by atoms with Crippen LogP contribution in [0.1, 0.15) is 37.2 Å². The zero-order valence-electron chi connectivity index (χ0n) is 18.2. The molecule has 5 nitrogen and oxygen atoms in total. The zero-order valence-corrected chi connectivity index (χ0v) is 19.7. The Labute approximate surface area is 197 Å². The number of fused-ring (bicyclic) bond motifs is 1. The molecular weight excluding hydrogens is 447 g/mol. The molecule has 1 aromatic heterocycles. The van der Waals surface area contributed by atoms with Gasteiger partial charge in [0, 0.05) is 27.7 Å². The molecule has 0 bridgehead atoms. The normalized spacial score (nSPS) is 16.0. The predicted molar refractivity (Wildman–Crippen MR) is 127 cm³/mol. The molecule has 0 unspecified atom stereocenters. The summed E-state index contributed by atoms with van der Waals surface area (Å²) in [4.78, 5) is 17.5. The topological polar surface area (TPSA) is 52.8 Å². The van der Waals surface area contributed by atoms with Gasteiger partial charge in [-0.3, -0.25) is 0 Å². The van der Waals surface area contributed by atoms with Gasteiger partial charge in [-0.1, -0.05) is 60.4 Å². The molecule has 3 aromatic rings. The summed E-state index contributed by atoms with van der Waals surface area (Å²) in [6, 6.07) is 17.1. The van der Waals surface area contributed by atoms with E-state index in [1.807, 2.05) is 18.2 Å². The molecule has 4 rings (SSSR count). The van der Waals surface area contributed by atoms with Crippen molar-refractivity contribution in [3.8, 4) is 11.4 Å². The minimum Gasteiger partial charge on any atom is -0.480 e. The molecule has 0 fully saturated rings. The fourth-order valence-corrected chi connectivity index (χ4v) is 4.52. The van der Waals surface area contributed by atoms with E-state index in [1.165, 1.54) is 5.69 Å². The van der Waals surface area contributed by atoms with Crippen LogP contribution in [0.3, 0.4) is 0 Å². The van der Waals surface area contributed by atoms with Gasteiger partial charge in [0.2, 0.25) is 0 Å². The first-order valence-corrected chi connectivity index (χ1v) is 11.1. The second kappa shape index (κ2) is 9.00. The molecule has 1 aliphatic carbocycles. The summed E-state index contributed by atoms with van der Waals surface area (Å²) in [7, 11) is 0. The highest BCUT2D eigenvalue weighted by Gasteiger charge is 2.33. The Morgan fingerprint density at radius 2 is 1.84 bits per heavy atom. The fraction of sp³-hybridized carbons (Fsp3) is 0.280. The molecule has 2 aromatic carbocycles. The first-order chi connectivity index (χ1) is 15.2. The highest BCUT2D eigenvalue weighted by atomic mass is 35.5. The van der Waals surface area contributed by atoms with Crippen molar-refractivity contribution in [2.45, 2.75) is 33.6 Å². The Hall–Kier alpha value is -2.76. The van der Waals surface area contributed by atoms with Gasteiger partial charge in [0.1, 0.15) is 5.75 Å². The number of aryl methyl sites for hydroxylation is 1. The standard InChI is InChI=1S/C25H24Cl2N2O3/c1-16-11-19-21(28-32-24(30)15-31-23-10-9-17(26)12-20(23)27)13-25(2,3)14-22(19)29(16)18-7-5-4-6-8-18/h4-12H,13-15H2,1-3H3/b28-21+. The number of benzene rings is 2. The highest BCUT2D eigenvalue weighted by Crippen LogP contribution is 2.38. The van der Waals surface area contributed by atoms with Crippen LogP contribution in [-0.4, -0.2) is 22.9 Å². The summed E-state index contributed by atoms with van der Waals surface area (Å²) in [6.07, 6.45) is 1.60. The molecule has 1 heterocycles. The van der Waals surface area contributed by atoms with Crippen molar-refractivity contribution >= 4 is 34.9 Å². The summed E-state index contributed by atoms with van der Waals surface area (Å²) in [5.74, 6) is -0.245. The summed E-state index contributed by atoms with van der Waals surface area (Å²) < 4.78 is 7.70. The predicted octanol–water partition coefficient (Wildman–Crippen LogP) is 6.39. The number of aromatic nitrogens is 1. The molecule has 0 N–H and O–H groups in total. The smallest absolute Gasteiger partial charge is 0.372 e. The van der Waals surface area contributed by atoms with Gasteiger partial charge < -0.3 is 14.1 Å². The number of halogens is 2. The number of oxime groups is 1. The second-order valence-electron chi connectivity index (χ2n) is 8.70. The van der Waals surface area contributed by atoms with Gasteiger partial charge in [-0.25, -0.2) is 4.79 Å². The Bertz CT molecular complexity index is 1180. The Morgan fingerprint density at radius 3 is 2.56 bits per heavy atom. The fourth-order valence-electron chi connectivity index (χ4n) is 4.06. The van der Waals surface area contributed by atoms with E-state index >= 15 is 0 Å². The number of carbonyl (C=O) groups excluding carboxylic acids is 1. The zero-order chi connectivity index (χ0) is 22.9. The molecule has 7 heteroatoms. The summed E-state index contributed by atoms with van der Waals surface area (Å²) in [5, 5.41) is 5.05. The maximum absolute atomic E-state index is 12.3. The van der Waals surface area contributed by atoms with Crippen LogP contribution >= 0.6 is 23.2 Å². The third kappa shape index (κ3) is 4.84. The van der Waals surface area contributed by atoms with E-state index < -0.39 is 5.97 Å². The number of rotatable bonds is 5. The first-order valence-electron chi connectivity index (χ1n) is 10.3. The third-order valence-corrected chi connectivity index (χ3v) is 5.93.